The van der Waals surface area contributed by atoms with Gasteiger partial charge in [-0.25, -0.2) is 9.97 Å². The molecule has 1 saturated heterocycles. The lowest BCUT2D eigenvalue weighted by Gasteiger charge is -2.24. The smallest absolute Gasteiger partial charge is 0.490 e. The van der Waals surface area contributed by atoms with Gasteiger partial charge in [-0.1, -0.05) is 6.07 Å². The monoisotopic (exact) mass is 461 g/mol. The van der Waals surface area contributed by atoms with Crippen molar-refractivity contribution in [2.75, 3.05) is 31.6 Å². The van der Waals surface area contributed by atoms with Crippen LogP contribution in [-0.2, 0) is 4.74 Å². The molecule has 0 bridgehead atoms. The summed E-state index contributed by atoms with van der Waals surface area (Å²) in [6.45, 7) is 1.95. The minimum absolute atomic E-state index is 0.0463. The first kappa shape index (κ1) is 22.3. The lowest BCUT2D eigenvalue weighted by Crippen LogP contribution is -2.41. The molecule has 0 spiro atoms. The van der Waals surface area contributed by atoms with Gasteiger partial charge < -0.3 is 24.8 Å². The maximum absolute atomic E-state index is 13.0. The first-order valence-corrected chi connectivity index (χ1v) is 9.80. The fourth-order valence-corrected chi connectivity index (χ4v) is 3.11. The molecule has 13 heteroatoms. The summed E-state index contributed by atoms with van der Waals surface area (Å²) in [7, 11) is 0. The third-order valence-electron chi connectivity index (χ3n) is 4.51. The summed E-state index contributed by atoms with van der Waals surface area (Å²) in [6, 6.07) is 7.46. The normalized spacial score (nSPS) is 16.1. The second kappa shape index (κ2) is 9.72. The zero-order chi connectivity index (χ0) is 23.3. The molecule has 2 aromatic heterocycles. The van der Waals surface area contributed by atoms with Crippen LogP contribution >= 0.6 is 0 Å². The van der Waals surface area contributed by atoms with Crippen molar-refractivity contribution in [2.24, 2.45) is 0 Å². The van der Waals surface area contributed by atoms with Crippen molar-refractivity contribution >= 4 is 11.6 Å². The number of alkyl halides is 3. The third-order valence-corrected chi connectivity index (χ3v) is 4.51. The molecule has 10 nitrogen and oxygen atoms in total. The summed E-state index contributed by atoms with van der Waals surface area (Å²) >= 11 is 0. The molecule has 1 atom stereocenters. The number of morpholine rings is 1. The van der Waals surface area contributed by atoms with Gasteiger partial charge in [0.1, 0.15) is 36.1 Å². The SMILES string of the molecule is N#Cc1cnc(Nc2cc(-c3c(OCC4CNCCO4)cccc3OC(F)(F)F)[nH]n2)cn1. The highest BCUT2D eigenvalue weighted by atomic mass is 19.4. The van der Waals surface area contributed by atoms with E-state index in [4.69, 9.17) is 14.7 Å². The van der Waals surface area contributed by atoms with E-state index in [1.54, 1.807) is 0 Å². The maximum atomic E-state index is 13.0. The molecule has 0 aliphatic carbocycles. The Balaban J connectivity index is 1.60. The summed E-state index contributed by atoms with van der Waals surface area (Å²) in [5.74, 6) is 0.275. The molecule has 0 radical (unpaired) electrons. The van der Waals surface area contributed by atoms with E-state index in [0.717, 1.165) is 6.54 Å². The minimum atomic E-state index is -4.90. The van der Waals surface area contributed by atoms with Gasteiger partial charge in [0.25, 0.3) is 0 Å². The van der Waals surface area contributed by atoms with Gasteiger partial charge in [0.15, 0.2) is 11.5 Å². The van der Waals surface area contributed by atoms with Crippen LogP contribution in [0.5, 0.6) is 11.5 Å². The van der Waals surface area contributed by atoms with Gasteiger partial charge in [-0.3, -0.25) is 5.10 Å². The molecular formula is C20H18F3N7O3. The highest BCUT2D eigenvalue weighted by Gasteiger charge is 2.33. The second-order valence-electron chi connectivity index (χ2n) is 6.88. The number of rotatable bonds is 7. The quantitative estimate of drug-likeness (QED) is 0.486. The molecule has 1 aromatic carbocycles. The van der Waals surface area contributed by atoms with E-state index in [1.807, 2.05) is 6.07 Å². The summed E-state index contributed by atoms with van der Waals surface area (Å²) in [6.07, 6.45) is -2.53. The molecular weight excluding hydrogens is 443 g/mol. The molecule has 1 unspecified atom stereocenters. The van der Waals surface area contributed by atoms with Crippen LogP contribution in [0.4, 0.5) is 24.8 Å². The Bertz CT molecular complexity index is 1120. The molecule has 1 fully saturated rings. The maximum Gasteiger partial charge on any atom is 0.573 e. The average molecular weight is 461 g/mol. The molecule has 4 rings (SSSR count). The number of aromatic amines is 1. The highest BCUT2D eigenvalue weighted by molar-refractivity contribution is 5.76. The lowest BCUT2D eigenvalue weighted by molar-refractivity contribution is -0.274. The van der Waals surface area contributed by atoms with Crippen LogP contribution in [0.25, 0.3) is 11.3 Å². The van der Waals surface area contributed by atoms with Crippen LogP contribution in [0.1, 0.15) is 5.69 Å². The molecule has 3 heterocycles. The topological polar surface area (TPSA) is 130 Å². The van der Waals surface area contributed by atoms with Gasteiger partial charge in [-0.2, -0.15) is 10.4 Å². The zero-order valence-electron chi connectivity index (χ0n) is 17.0. The van der Waals surface area contributed by atoms with Crippen LogP contribution < -0.4 is 20.1 Å². The molecule has 3 N–H and O–H groups in total. The van der Waals surface area contributed by atoms with Gasteiger partial charge in [0.2, 0.25) is 0 Å². The molecule has 0 saturated carbocycles. The van der Waals surface area contributed by atoms with E-state index < -0.39 is 12.1 Å². The largest absolute Gasteiger partial charge is 0.573 e. The van der Waals surface area contributed by atoms with E-state index >= 15 is 0 Å². The summed E-state index contributed by atoms with van der Waals surface area (Å²) < 4.78 is 54.7. The van der Waals surface area contributed by atoms with Crippen LogP contribution in [-0.4, -0.2) is 58.9 Å². The van der Waals surface area contributed by atoms with Gasteiger partial charge in [0.05, 0.1) is 30.3 Å². The van der Waals surface area contributed by atoms with Crippen molar-refractivity contribution in [3.63, 3.8) is 0 Å². The molecule has 3 aromatic rings. The molecule has 172 valence electrons. The second-order valence-corrected chi connectivity index (χ2v) is 6.88. The Morgan fingerprint density at radius 1 is 1.21 bits per heavy atom. The Hall–Kier alpha value is -3.89. The molecule has 1 aliphatic heterocycles. The Morgan fingerprint density at radius 2 is 2.06 bits per heavy atom. The molecule has 0 amide bonds. The Kier molecular flexibility index (Phi) is 6.57. The fourth-order valence-electron chi connectivity index (χ4n) is 3.11. The first-order valence-electron chi connectivity index (χ1n) is 9.80. The predicted molar refractivity (Wildman–Crippen MR) is 109 cm³/mol. The lowest BCUT2D eigenvalue weighted by atomic mass is 10.1. The summed E-state index contributed by atoms with van der Waals surface area (Å²) in [5.41, 5.74) is 0.405. The van der Waals surface area contributed by atoms with Crippen molar-refractivity contribution < 1.29 is 27.4 Å². The van der Waals surface area contributed by atoms with Crippen LogP contribution in [0.15, 0.2) is 36.7 Å². The number of hydrogen-bond donors (Lipinski definition) is 3. The Morgan fingerprint density at radius 3 is 2.76 bits per heavy atom. The van der Waals surface area contributed by atoms with Crippen LogP contribution in [0.2, 0.25) is 0 Å². The number of nitrogens with one attached hydrogen (secondary N) is 3. The van der Waals surface area contributed by atoms with Gasteiger partial charge >= 0.3 is 6.36 Å². The van der Waals surface area contributed by atoms with Crippen molar-refractivity contribution in [3.05, 3.63) is 42.4 Å². The molecule has 1 aliphatic rings. The highest BCUT2D eigenvalue weighted by Crippen LogP contribution is 2.40. The number of ether oxygens (including phenoxy) is 3. The summed E-state index contributed by atoms with van der Waals surface area (Å²) in [4.78, 5) is 7.91. The number of nitrogens with zero attached hydrogens (tertiary/aromatic N) is 4. The van der Waals surface area contributed by atoms with E-state index in [0.29, 0.717) is 19.0 Å². The van der Waals surface area contributed by atoms with Crippen molar-refractivity contribution in [1.82, 2.24) is 25.5 Å². The first-order chi connectivity index (χ1) is 15.9. The average Bonchev–Trinajstić information content (AvgIpc) is 3.26. The number of hydrogen-bond acceptors (Lipinski definition) is 9. The van der Waals surface area contributed by atoms with E-state index in [-0.39, 0.29) is 41.2 Å². The number of benzene rings is 1. The standard InChI is InChI=1S/C20H18F3N7O3/c21-20(22,23)33-16-3-1-2-15(32-11-13-9-25-4-5-31-13)19(16)14-6-17(30-29-14)28-18-10-26-12(7-24)8-27-18/h1-3,6,8,10,13,25H,4-5,9,11H2,(H2,27,28,29,30). The number of anilines is 2. The van der Waals surface area contributed by atoms with Crippen molar-refractivity contribution in [3.8, 4) is 28.8 Å². The predicted octanol–water partition coefficient (Wildman–Crippen LogP) is 2.75. The molecule has 33 heavy (non-hydrogen) atoms. The van der Waals surface area contributed by atoms with Crippen molar-refractivity contribution in [2.45, 2.75) is 12.5 Å². The third kappa shape index (κ3) is 5.88. The van der Waals surface area contributed by atoms with Gasteiger partial charge in [0, 0.05) is 19.2 Å². The summed E-state index contributed by atoms with van der Waals surface area (Å²) in [5, 5.41) is 21.6. The number of halogens is 3. The van der Waals surface area contributed by atoms with E-state index in [2.05, 4.69) is 35.5 Å². The van der Waals surface area contributed by atoms with Crippen LogP contribution in [0, 0.1) is 11.3 Å². The Labute approximate surface area is 185 Å². The van der Waals surface area contributed by atoms with Crippen LogP contribution in [0.3, 0.4) is 0 Å². The van der Waals surface area contributed by atoms with Gasteiger partial charge in [-0.15, -0.1) is 13.2 Å². The minimum Gasteiger partial charge on any atom is -0.490 e. The van der Waals surface area contributed by atoms with Crippen molar-refractivity contribution in [1.29, 1.82) is 5.26 Å². The van der Waals surface area contributed by atoms with E-state index in [9.17, 15) is 13.2 Å². The van der Waals surface area contributed by atoms with Gasteiger partial charge in [-0.05, 0) is 12.1 Å². The number of aromatic nitrogens is 4. The fraction of sp³-hybridized carbons (Fsp3) is 0.300. The van der Waals surface area contributed by atoms with E-state index in [1.165, 1.54) is 36.7 Å². The number of H-pyrrole nitrogens is 1. The zero-order valence-corrected chi connectivity index (χ0v) is 17.0. The number of nitriles is 1.